The Balaban J connectivity index is 1.83. The van der Waals surface area contributed by atoms with Crippen molar-refractivity contribution in [1.29, 1.82) is 0 Å². The second kappa shape index (κ2) is 8.53. The predicted molar refractivity (Wildman–Crippen MR) is 87.6 cm³/mol. The Morgan fingerprint density at radius 1 is 1.17 bits per heavy atom. The number of alkyl carbamates (subject to hydrolysis) is 1. The topological polar surface area (TPSA) is 93.5 Å². The molecule has 2 amide bonds. The molecule has 4 N–H and O–H groups in total. The van der Waals surface area contributed by atoms with Crippen LogP contribution in [-0.4, -0.2) is 30.1 Å². The van der Waals surface area contributed by atoms with E-state index >= 15 is 0 Å². The lowest BCUT2D eigenvalue weighted by molar-refractivity contribution is -0.123. The summed E-state index contributed by atoms with van der Waals surface area (Å²) in [6.45, 7) is 1.88. The van der Waals surface area contributed by atoms with Crippen LogP contribution in [0.25, 0.3) is 0 Å². The fourth-order valence-electron chi connectivity index (χ4n) is 2.71. The van der Waals surface area contributed by atoms with Crippen molar-refractivity contribution < 1.29 is 14.3 Å². The van der Waals surface area contributed by atoms with Crippen molar-refractivity contribution in [2.24, 2.45) is 5.73 Å². The van der Waals surface area contributed by atoms with E-state index in [4.69, 9.17) is 10.5 Å². The number of carbonyl (C=O) groups excluding carboxylic acids is 2. The lowest BCUT2D eigenvalue weighted by Crippen LogP contribution is -2.55. The van der Waals surface area contributed by atoms with Gasteiger partial charge >= 0.3 is 6.09 Å². The van der Waals surface area contributed by atoms with Crippen molar-refractivity contribution in [3.63, 3.8) is 0 Å². The molecule has 0 radical (unpaired) electrons. The summed E-state index contributed by atoms with van der Waals surface area (Å²) < 4.78 is 5.24. The fraction of sp³-hybridized carbons (Fsp3) is 0.529. The molecular weight excluding hydrogens is 294 g/mol. The van der Waals surface area contributed by atoms with E-state index in [1.165, 1.54) is 0 Å². The molecular formula is C17H25N3O3. The second-order valence-electron chi connectivity index (χ2n) is 6.00. The van der Waals surface area contributed by atoms with Crippen LogP contribution in [0.5, 0.6) is 0 Å². The third-order valence-electron chi connectivity index (χ3n) is 4.02. The lowest BCUT2D eigenvalue weighted by Gasteiger charge is -2.32. The molecule has 126 valence electrons. The maximum Gasteiger partial charge on any atom is 0.407 e. The first-order valence-corrected chi connectivity index (χ1v) is 8.09. The Morgan fingerprint density at radius 2 is 1.78 bits per heavy atom. The minimum Gasteiger partial charge on any atom is -0.445 e. The normalized spacial score (nSPS) is 22.0. The quantitative estimate of drug-likeness (QED) is 0.770. The first-order chi connectivity index (χ1) is 11.1. The summed E-state index contributed by atoms with van der Waals surface area (Å²) in [5.74, 6) is -0.193. The number of rotatable bonds is 5. The summed E-state index contributed by atoms with van der Waals surface area (Å²) in [4.78, 5) is 23.8. The van der Waals surface area contributed by atoms with Crippen LogP contribution in [0.4, 0.5) is 4.79 Å². The number of nitrogens with one attached hydrogen (secondary N) is 2. The minimum absolute atomic E-state index is 0.0912. The van der Waals surface area contributed by atoms with Gasteiger partial charge in [-0.25, -0.2) is 4.79 Å². The van der Waals surface area contributed by atoms with Gasteiger partial charge in [0.1, 0.15) is 6.61 Å². The number of amides is 2. The van der Waals surface area contributed by atoms with E-state index in [9.17, 15) is 9.59 Å². The maximum atomic E-state index is 12.0. The summed E-state index contributed by atoms with van der Waals surface area (Å²) in [5, 5.41) is 5.78. The summed E-state index contributed by atoms with van der Waals surface area (Å²) in [5.41, 5.74) is 6.53. The van der Waals surface area contributed by atoms with Crippen LogP contribution in [0.2, 0.25) is 0 Å². The van der Waals surface area contributed by atoms with Crippen LogP contribution in [0.3, 0.4) is 0 Å². The highest BCUT2D eigenvalue weighted by Gasteiger charge is 2.28. The highest BCUT2D eigenvalue weighted by molar-refractivity contribution is 5.81. The van der Waals surface area contributed by atoms with Crippen LogP contribution >= 0.6 is 0 Å². The second-order valence-corrected chi connectivity index (χ2v) is 6.00. The summed E-state index contributed by atoms with van der Waals surface area (Å²) in [6, 6.07) is 8.76. The third kappa shape index (κ3) is 5.56. The molecule has 3 atom stereocenters. The average molecular weight is 319 g/mol. The molecule has 0 saturated heterocycles. The lowest BCUT2D eigenvalue weighted by atomic mass is 9.90. The van der Waals surface area contributed by atoms with Crippen molar-refractivity contribution in [1.82, 2.24) is 10.6 Å². The smallest absolute Gasteiger partial charge is 0.407 e. The van der Waals surface area contributed by atoms with E-state index in [2.05, 4.69) is 10.6 Å². The molecule has 1 aliphatic carbocycles. The van der Waals surface area contributed by atoms with E-state index in [0.717, 1.165) is 31.2 Å². The van der Waals surface area contributed by atoms with E-state index in [1.54, 1.807) is 6.92 Å². The maximum absolute atomic E-state index is 12.0. The van der Waals surface area contributed by atoms with Crippen LogP contribution in [-0.2, 0) is 16.1 Å². The zero-order chi connectivity index (χ0) is 16.7. The van der Waals surface area contributed by atoms with Crippen molar-refractivity contribution >= 4 is 12.0 Å². The molecule has 0 bridgehead atoms. The SMILES string of the molecule is C[C@H](N)C(=O)N[C@H]1CCCC[C@H]1NC(=O)OCc1ccccc1. The molecule has 0 unspecified atom stereocenters. The molecule has 1 fully saturated rings. The zero-order valence-corrected chi connectivity index (χ0v) is 13.5. The predicted octanol–water partition coefficient (Wildman–Crippen LogP) is 1.69. The number of hydrogen-bond donors (Lipinski definition) is 3. The van der Waals surface area contributed by atoms with Crippen LogP contribution in [0.1, 0.15) is 38.2 Å². The molecule has 6 heteroatoms. The monoisotopic (exact) mass is 319 g/mol. The summed E-state index contributed by atoms with van der Waals surface area (Å²) in [7, 11) is 0. The van der Waals surface area contributed by atoms with Crippen molar-refractivity contribution in [2.75, 3.05) is 0 Å². The van der Waals surface area contributed by atoms with Gasteiger partial charge in [-0.15, -0.1) is 0 Å². The van der Waals surface area contributed by atoms with Gasteiger partial charge in [0, 0.05) is 6.04 Å². The van der Waals surface area contributed by atoms with E-state index < -0.39 is 12.1 Å². The van der Waals surface area contributed by atoms with Gasteiger partial charge in [-0.1, -0.05) is 43.2 Å². The highest BCUT2D eigenvalue weighted by Crippen LogP contribution is 2.19. The largest absolute Gasteiger partial charge is 0.445 e. The van der Waals surface area contributed by atoms with Gasteiger partial charge < -0.3 is 21.1 Å². The van der Waals surface area contributed by atoms with Gasteiger partial charge in [-0.05, 0) is 25.3 Å². The Labute approximate surface area is 136 Å². The van der Waals surface area contributed by atoms with Gasteiger partial charge in [0.15, 0.2) is 0 Å². The van der Waals surface area contributed by atoms with Gasteiger partial charge in [0.2, 0.25) is 5.91 Å². The van der Waals surface area contributed by atoms with Crippen LogP contribution in [0.15, 0.2) is 30.3 Å². The number of nitrogens with two attached hydrogens (primary N) is 1. The van der Waals surface area contributed by atoms with Crippen molar-refractivity contribution in [2.45, 2.75) is 57.3 Å². The number of benzene rings is 1. The molecule has 1 saturated carbocycles. The molecule has 23 heavy (non-hydrogen) atoms. The first-order valence-electron chi connectivity index (χ1n) is 8.09. The first kappa shape index (κ1) is 17.3. The fourth-order valence-corrected chi connectivity index (χ4v) is 2.71. The van der Waals surface area contributed by atoms with E-state index in [0.29, 0.717) is 0 Å². The Morgan fingerprint density at radius 3 is 2.39 bits per heavy atom. The van der Waals surface area contributed by atoms with Gasteiger partial charge in [0.25, 0.3) is 0 Å². The molecule has 0 spiro atoms. The molecule has 2 rings (SSSR count). The Hall–Kier alpha value is -2.08. The van der Waals surface area contributed by atoms with Crippen molar-refractivity contribution in [3.05, 3.63) is 35.9 Å². The summed E-state index contributed by atoms with van der Waals surface area (Å²) >= 11 is 0. The van der Waals surface area contributed by atoms with Gasteiger partial charge in [-0.3, -0.25) is 4.79 Å². The van der Waals surface area contributed by atoms with Crippen molar-refractivity contribution in [3.8, 4) is 0 Å². The van der Waals surface area contributed by atoms with Gasteiger partial charge in [0.05, 0.1) is 12.1 Å². The number of ether oxygens (including phenoxy) is 1. The minimum atomic E-state index is -0.553. The molecule has 1 aliphatic rings. The molecule has 6 nitrogen and oxygen atoms in total. The summed E-state index contributed by atoms with van der Waals surface area (Å²) in [6.07, 6.45) is 3.25. The average Bonchev–Trinajstić information content (AvgIpc) is 2.55. The Kier molecular flexibility index (Phi) is 6.40. The van der Waals surface area contributed by atoms with Crippen LogP contribution in [0, 0.1) is 0 Å². The van der Waals surface area contributed by atoms with Gasteiger partial charge in [-0.2, -0.15) is 0 Å². The van der Waals surface area contributed by atoms with E-state index in [-0.39, 0.29) is 24.6 Å². The molecule has 0 aromatic heterocycles. The molecule has 1 aromatic carbocycles. The molecule has 1 aromatic rings. The molecule has 0 heterocycles. The molecule has 0 aliphatic heterocycles. The Bertz CT molecular complexity index is 519. The number of carbonyl (C=O) groups is 2. The number of hydrogen-bond acceptors (Lipinski definition) is 4. The standard InChI is InChI=1S/C17H25N3O3/c1-12(18)16(21)19-14-9-5-6-10-15(14)20-17(22)23-11-13-7-3-2-4-8-13/h2-4,7-8,12,14-15H,5-6,9-11,18H2,1H3,(H,19,21)(H,20,22)/t12-,14-,15+/m0/s1. The third-order valence-corrected chi connectivity index (χ3v) is 4.02. The van der Waals surface area contributed by atoms with Crippen LogP contribution < -0.4 is 16.4 Å². The zero-order valence-electron chi connectivity index (χ0n) is 13.5. The highest BCUT2D eigenvalue weighted by atomic mass is 16.5. The van der Waals surface area contributed by atoms with E-state index in [1.807, 2.05) is 30.3 Å².